The molecular weight excluding hydrogens is 451 g/mol. The Morgan fingerprint density at radius 3 is 2.28 bits per heavy atom. The van der Waals surface area contributed by atoms with Gasteiger partial charge in [-0.3, -0.25) is 9.59 Å². The lowest BCUT2D eigenvalue weighted by Gasteiger charge is -2.24. The van der Waals surface area contributed by atoms with Crippen LogP contribution in [0.15, 0.2) is 54.6 Å². The average Bonchev–Trinajstić information content (AvgIpc) is 2.71. The molecule has 0 aromatic heterocycles. The highest BCUT2D eigenvalue weighted by atomic mass is 35.5. The maximum absolute atomic E-state index is 12.9. The lowest BCUT2D eigenvalue weighted by Crippen LogP contribution is -2.41. The molecule has 0 spiro atoms. The number of esters is 1. The van der Waals surface area contributed by atoms with Gasteiger partial charge >= 0.3 is 18.2 Å². The molecule has 0 heterocycles. The zero-order valence-electron chi connectivity index (χ0n) is 16.8. The van der Waals surface area contributed by atoms with Crippen LogP contribution in [0.25, 0.3) is 0 Å². The van der Waals surface area contributed by atoms with Crippen LogP contribution in [0.3, 0.4) is 0 Å². The first-order chi connectivity index (χ1) is 15.0. The summed E-state index contributed by atoms with van der Waals surface area (Å²) in [7, 11) is 0. The van der Waals surface area contributed by atoms with E-state index in [9.17, 15) is 27.6 Å². The predicted octanol–water partition coefficient (Wildman–Crippen LogP) is 3.57. The van der Waals surface area contributed by atoms with Crippen molar-refractivity contribution in [3.8, 4) is 0 Å². The number of rotatable bonds is 9. The number of nitrogens with two attached hydrogens (primary N) is 1. The van der Waals surface area contributed by atoms with Gasteiger partial charge in [0.15, 0.2) is 6.61 Å². The van der Waals surface area contributed by atoms with Crippen molar-refractivity contribution < 1.29 is 32.3 Å². The Morgan fingerprint density at radius 2 is 1.69 bits per heavy atom. The van der Waals surface area contributed by atoms with E-state index in [2.05, 4.69) is 5.32 Å². The SMILES string of the molecule is NC(=O)N[C@H](CC(=O)OCC(=O)N(Cc1ccccc1)CC(F)(F)F)c1ccccc1Cl. The lowest BCUT2D eigenvalue weighted by atomic mass is 10.0. The molecular formula is C21H21ClF3N3O4. The van der Waals surface area contributed by atoms with Crippen molar-refractivity contribution in [1.29, 1.82) is 0 Å². The molecule has 0 aliphatic rings. The summed E-state index contributed by atoms with van der Waals surface area (Å²) in [5, 5.41) is 2.61. The number of carbonyl (C=O) groups is 3. The van der Waals surface area contributed by atoms with Crippen LogP contribution < -0.4 is 11.1 Å². The summed E-state index contributed by atoms with van der Waals surface area (Å²) in [4.78, 5) is 36.4. The van der Waals surface area contributed by atoms with E-state index < -0.39 is 49.7 Å². The van der Waals surface area contributed by atoms with Crippen molar-refractivity contribution in [3.05, 3.63) is 70.7 Å². The average molecular weight is 472 g/mol. The fourth-order valence-electron chi connectivity index (χ4n) is 2.88. The highest BCUT2D eigenvalue weighted by Crippen LogP contribution is 2.25. The first-order valence-corrected chi connectivity index (χ1v) is 9.77. The first kappa shape index (κ1) is 25.0. The van der Waals surface area contributed by atoms with Gasteiger partial charge in [-0.25, -0.2) is 4.79 Å². The van der Waals surface area contributed by atoms with Crippen LogP contribution in [0.5, 0.6) is 0 Å². The second kappa shape index (κ2) is 11.4. The van der Waals surface area contributed by atoms with Gasteiger partial charge in [0, 0.05) is 11.6 Å². The number of nitrogens with zero attached hydrogens (tertiary/aromatic N) is 1. The van der Waals surface area contributed by atoms with Crippen molar-refractivity contribution >= 4 is 29.5 Å². The smallest absolute Gasteiger partial charge is 0.406 e. The number of primary amides is 1. The molecule has 3 N–H and O–H groups in total. The molecule has 11 heteroatoms. The third-order valence-corrected chi connectivity index (χ3v) is 4.61. The number of hydrogen-bond acceptors (Lipinski definition) is 4. The number of halogens is 4. The van der Waals surface area contributed by atoms with E-state index in [1.807, 2.05) is 0 Å². The largest absolute Gasteiger partial charge is 0.455 e. The van der Waals surface area contributed by atoms with E-state index in [1.165, 1.54) is 0 Å². The molecule has 0 unspecified atom stereocenters. The van der Waals surface area contributed by atoms with Crippen molar-refractivity contribution in [2.45, 2.75) is 25.2 Å². The summed E-state index contributed by atoms with van der Waals surface area (Å²) in [6, 6.07) is 12.6. The van der Waals surface area contributed by atoms with Gasteiger partial charge in [-0.1, -0.05) is 60.1 Å². The minimum Gasteiger partial charge on any atom is -0.455 e. The Morgan fingerprint density at radius 1 is 1.06 bits per heavy atom. The number of alkyl halides is 3. The molecule has 172 valence electrons. The van der Waals surface area contributed by atoms with Gasteiger partial charge in [-0.05, 0) is 17.2 Å². The third-order valence-electron chi connectivity index (χ3n) is 4.26. The molecule has 2 aromatic carbocycles. The van der Waals surface area contributed by atoms with E-state index in [4.69, 9.17) is 22.1 Å². The summed E-state index contributed by atoms with van der Waals surface area (Å²) >= 11 is 6.08. The monoisotopic (exact) mass is 471 g/mol. The Kier molecular flexibility index (Phi) is 8.89. The van der Waals surface area contributed by atoms with E-state index in [0.29, 0.717) is 16.0 Å². The second-order valence-electron chi connectivity index (χ2n) is 6.80. The van der Waals surface area contributed by atoms with Crippen LogP contribution in [0.2, 0.25) is 5.02 Å². The van der Waals surface area contributed by atoms with Crippen molar-refractivity contribution in [1.82, 2.24) is 10.2 Å². The van der Waals surface area contributed by atoms with Crippen LogP contribution in [-0.2, 0) is 20.9 Å². The van der Waals surface area contributed by atoms with Gasteiger partial charge in [-0.2, -0.15) is 13.2 Å². The quantitative estimate of drug-likeness (QED) is 0.546. The fraction of sp³-hybridized carbons (Fsp3) is 0.286. The molecule has 1 atom stereocenters. The second-order valence-corrected chi connectivity index (χ2v) is 7.21. The predicted molar refractivity (Wildman–Crippen MR) is 110 cm³/mol. The van der Waals surface area contributed by atoms with Crippen LogP contribution in [0.1, 0.15) is 23.6 Å². The van der Waals surface area contributed by atoms with Gasteiger partial charge in [0.25, 0.3) is 5.91 Å². The number of carbonyl (C=O) groups excluding carboxylic acids is 3. The number of nitrogens with one attached hydrogen (secondary N) is 1. The maximum atomic E-state index is 12.9. The highest BCUT2D eigenvalue weighted by Gasteiger charge is 2.33. The molecule has 32 heavy (non-hydrogen) atoms. The zero-order chi connectivity index (χ0) is 23.7. The molecule has 7 nitrogen and oxygen atoms in total. The Bertz CT molecular complexity index is 941. The van der Waals surface area contributed by atoms with Gasteiger partial charge in [-0.15, -0.1) is 0 Å². The zero-order valence-corrected chi connectivity index (χ0v) is 17.5. The Balaban J connectivity index is 2.03. The van der Waals surface area contributed by atoms with Crippen molar-refractivity contribution in [3.63, 3.8) is 0 Å². The van der Waals surface area contributed by atoms with E-state index in [-0.39, 0.29) is 11.6 Å². The lowest BCUT2D eigenvalue weighted by molar-refractivity contribution is -0.167. The summed E-state index contributed by atoms with van der Waals surface area (Å²) in [5.41, 5.74) is 6.01. The fourth-order valence-corrected chi connectivity index (χ4v) is 3.15. The van der Waals surface area contributed by atoms with E-state index in [1.54, 1.807) is 54.6 Å². The van der Waals surface area contributed by atoms with Crippen LogP contribution in [0.4, 0.5) is 18.0 Å². The standard InChI is InChI=1S/C21H21ClF3N3O4/c22-16-9-5-4-8-15(16)17(27-20(26)31)10-19(30)32-12-18(29)28(13-21(23,24)25)11-14-6-2-1-3-7-14/h1-9,17H,10-13H2,(H3,26,27,31)/t17-/m1/s1. The molecule has 0 aliphatic heterocycles. The minimum absolute atomic E-state index is 0.259. The normalized spacial score (nSPS) is 12.0. The molecule has 0 saturated heterocycles. The molecule has 3 amide bonds. The topological polar surface area (TPSA) is 102 Å². The van der Waals surface area contributed by atoms with Crippen LogP contribution >= 0.6 is 11.6 Å². The van der Waals surface area contributed by atoms with Gasteiger partial charge in [0.2, 0.25) is 0 Å². The summed E-state index contributed by atoms with van der Waals surface area (Å²) < 4.78 is 43.6. The Hall–Kier alpha value is -3.27. The first-order valence-electron chi connectivity index (χ1n) is 9.39. The number of benzene rings is 2. The Labute approximate surface area is 187 Å². The molecule has 0 fully saturated rings. The summed E-state index contributed by atoms with van der Waals surface area (Å²) in [5.74, 6) is -1.94. The number of ether oxygens (including phenoxy) is 1. The maximum Gasteiger partial charge on any atom is 0.406 e. The summed E-state index contributed by atoms with van der Waals surface area (Å²) in [6.45, 7) is -2.69. The van der Waals surface area contributed by atoms with Crippen LogP contribution in [-0.4, -0.2) is 42.1 Å². The third kappa shape index (κ3) is 8.46. The molecule has 0 bridgehead atoms. The van der Waals surface area contributed by atoms with Gasteiger partial charge in [0.1, 0.15) is 6.54 Å². The van der Waals surface area contributed by atoms with Crippen LogP contribution in [0, 0.1) is 0 Å². The van der Waals surface area contributed by atoms with Crippen molar-refractivity contribution in [2.75, 3.05) is 13.2 Å². The molecule has 2 rings (SSSR count). The molecule has 0 aliphatic carbocycles. The number of urea groups is 1. The molecule has 0 saturated carbocycles. The molecule has 2 aromatic rings. The van der Waals surface area contributed by atoms with E-state index >= 15 is 0 Å². The molecule has 0 radical (unpaired) electrons. The van der Waals surface area contributed by atoms with Crippen molar-refractivity contribution in [2.24, 2.45) is 5.73 Å². The van der Waals surface area contributed by atoms with E-state index in [0.717, 1.165) is 0 Å². The highest BCUT2D eigenvalue weighted by molar-refractivity contribution is 6.31. The minimum atomic E-state index is -4.63. The van der Waals surface area contributed by atoms with Gasteiger partial charge < -0.3 is 20.7 Å². The van der Waals surface area contributed by atoms with Gasteiger partial charge in [0.05, 0.1) is 12.5 Å². The number of hydrogen-bond donors (Lipinski definition) is 2. The number of amides is 3. The summed E-state index contributed by atoms with van der Waals surface area (Å²) in [6.07, 6.45) is -5.06.